The van der Waals surface area contributed by atoms with Gasteiger partial charge in [-0.3, -0.25) is 4.90 Å². The molecule has 3 rings (SSSR count). The first-order chi connectivity index (χ1) is 13.1. The lowest BCUT2D eigenvalue weighted by molar-refractivity contribution is -0.0699. The molecule has 0 amide bonds. The van der Waals surface area contributed by atoms with E-state index in [4.69, 9.17) is 18.9 Å². The highest BCUT2D eigenvalue weighted by molar-refractivity contribution is 5.49. The van der Waals surface area contributed by atoms with Gasteiger partial charge in [-0.25, -0.2) is 0 Å². The minimum atomic E-state index is 0.376. The van der Waals surface area contributed by atoms with Crippen LogP contribution in [0, 0.1) is 17.8 Å². The summed E-state index contributed by atoms with van der Waals surface area (Å²) >= 11 is 0. The van der Waals surface area contributed by atoms with Crippen LogP contribution in [0.25, 0.3) is 0 Å². The Morgan fingerprint density at radius 1 is 1.07 bits per heavy atom. The van der Waals surface area contributed by atoms with Crippen molar-refractivity contribution in [1.82, 2.24) is 4.90 Å². The number of ether oxygens (including phenoxy) is 4. The van der Waals surface area contributed by atoms with E-state index in [1.54, 1.807) is 21.3 Å². The van der Waals surface area contributed by atoms with E-state index in [0.29, 0.717) is 30.6 Å². The van der Waals surface area contributed by atoms with E-state index in [-0.39, 0.29) is 0 Å². The van der Waals surface area contributed by atoms with E-state index in [0.717, 1.165) is 44.0 Å². The summed E-state index contributed by atoms with van der Waals surface area (Å²) in [6.07, 6.45) is 3.46. The van der Waals surface area contributed by atoms with Crippen molar-refractivity contribution in [3.63, 3.8) is 0 Å². The molecule has 0 saturated carbocycles. The average Bonchev–Trinajstić information content (AvgIpc) is 2.66. The molecule has 5 nitrogen and oxygen atoms in total. The van der Waals surface area contributed by atoms with Crippen molar-refractivity contribution in [3.8, 4) is 11.5 Å². The smallest absolute Gasteiger partial charge is 0.161 e. The minimum absolute atomic E-state index is 0.376. The predicted octanol–water partition coefficient (Wildman–Crippen LogP) is 3.91. The number of hydrogen-bond acceptors (Lipinski definition) is 5. The number of methoxy groups -OCH3 is 3. The zero-order valence-electron chi connectivity index (χ0n) is 17.5. The third-order valence-corrected chi connectivity index (χ3v) is 6.08. The largest absolute Gasteiger partial charge is 0.493 e. The molecule has 0 N–H and O–H groups in total. The summed E-state index contributed by atoms with van der Waals surface area (Å²) in [6.45, 7) is 8.06. The van der Waals surface area contributed by atoms with Crippen LogP contribution < -0.4 is 9.47 Å². The number of rotatable bonds is 8. The highest BCUT2D eigenvalue weighted by Gasteiger charge is 2.39. The molecule has 0 aliphatic carbocycles. The fourth-order valence-corrected chi connectivity index (χ4v) is 4.86. The van der Waals surface area contributed by atoms with E-state index >= 15 is 0 Å². The van der Waals surface area contributed by atoms with Crippen molar-refractivity contribution in [2.24, 2.45) is 17.8 Å². The summed E-state index contributed by atoms with van der Waals surface area (Å²) < 4.78 is 22.0. The maximum atomic E-state index is 5.80. The van der Waals surface area contributed by atoms with Gasteiger partial charge in [-0.2, -0.15) is 0 Å². The van der Waals surface area contributed by atoms with Gasteiger partial charge in [0.25, 0.3) is 0 Å². The molecule has 1 aromatic carbocycles. The van der Waals surface area contributed by atoms with E-state index < -0.39 is 0 Å². The number of fused-ring (bicyclic) bond motifs is 3. The second kappa shape index (κ2) is 9.26. The second-order valence-electron chi connectivity index (χ2n) is 8.33. The van der Waals surface area contributed by atoms with Crippen LogP contribution in [0.2, 0.25) is 0 Å². The van der Waals surface area contributed by atoms with Gasteiger partial charge in [0.15, 0.2) is 11.5 Å². The Bertz CT molecular complexity index is 619. The van der Waals surface area contributed by atoms with Crippen LogP contribution in [0.15, 0.2) is 12.1 Å². The van der Waals surface area contributed by atoms with Crippen molar-refractivity contribution < 1.29 is 18.9 Å². The summed E-state index contributed by atoms with van der Waals surface area (Å²) in [6, 6.07) is 4.80. The molecule has 2 aliphatic heterocycles. The average molecular weight is 378 g/mol. The molecule has 1 fully saturated rings. The summed E-state index contributed by atoms with van der Waals surface area (Å²) in [5, 5.41) is 0. The van der Waals surface area contributed by atoms with Crippen LogP contribution >= 0.6 is 0 Å². The Morgan fingerprint density at radius 3 is 2.48 bits per heavy atom. The standard InChI is InChI=1S/C22H35NO4/c1-15(2)8-17-12-23-7-6-16-10-21(25-4)22(26-5)11-19(16)20(23)9-18(17)13-27-14-24-3/h10-11,15,17-18,20H,6-9,12-14H2,1-5H3/t17-,18+,20-/m1/s1. The Labute approximate surface area is 163 Å². The van der Waals surface area contributed by atoms with E-state index in [1.807, 2.05) is 0 Å². The molecular weight excluding hydrogens is 342 g/mol. The lowest BCUT2D eigenvalue weighted by atomic mass is 9.74. The quantitative estimate of drug-likeness (QED) is 0.507. The van der Waals surface area contributed by atoms with E-state index in [2.05, 4.69) is 30.9 Å². The normalized spacial score (nSPS) is 25.2. The van der Waals surface area contributed by atoms with Gasteiger partial charge in [-0.15, -0.1) is 0 Å². The fraction of sp³-hybridized carbons (Fsp3) is 0.727. The van der Waals surface area contributed by atoms with Crippen LogP contribution in [0.4, 0.5) is 0 Å². The van der Waals surface area contributed by atoms with E-state index in [9.17, 15) is 0 Å². The molecule has 3 atom stereocenters. The van der Waals surface area contributed by atoms with Gasteiger partial charge in [0.1, 0.15) is 6.79 Å². The first-order valence-corrected chi connectivity index (χ1v) is 10.1. The molecule has 0 spiro atoms. The molecule has 2 heterocycles. The van der Waals surface area contributed by atoms with Gasteiger partial charge >= 0.3 is 0 Å². The summed E-state index contributed by atoms with van der Waals surface area (Å²) in [5.74, 6) is 3.60. The number of hydrogen-bond donors (Lipinski definition) is 0. The number of benzene rings is 1. The van der Waals surface area contributed by atoms with Crippen molar-refractivity contribution >= 4 is 0 Å². The van der Waals surface area contributed by atoms with Crippen molar-refractivity contribution in [3.05, 3.63) is 23.3 Å². The van der Waals surface area contributed by atoms with Crippen LogP contribution in [-0.4, -0.2) is 52.7 Å². The predicted molar refractivity (Wildman–Crippen MR) is 106 cm³/mol. The SMILES string of the molecule is COCOC[C@@H]1C[C@@H]2c3cc(OC)c(OC)cc3CCN2C[C@H]1CC(C)C. The van der Waals surface area contributed by atoms with Crippen LogP contribution in [-0.2, 0) is 15.9 Å². The molecule has 1 saturated heterocycles. The molecule has 27 heavy (non-hydrogen) atoms. The molecule has 0 aromatic heterocycles. The van der Waals surface area contributed by atoms with Gasteiger partial charge < -0.3 is 18.9 Å². The molecule has 1 aromatic rings. The summed E-state index contributed by atoms with van der Waals surface area (Å²) in [4.78, 5) is 2.67. The van der Waals surface area contributed by atoms with Gasteiger partial charge in [-0.1, -0.05) is 13.8 Å². The Balaban J connectivity index is 1.84. The monoisotopic (exact) mass is 377 g/mol. The second-order valence-corrected chi connectivity index (χ2v) is 8.33. The molecule has 0 unspecified atom stereocenters. The van der Waals surface area contributed by atoms with Crippen LogP contribution in [0.3, 0.4) is 0 Å². The highest BCUT2D eigenvalue weighted by atomic mass is 16.7. The van der Waals surface area contributed by atoms with Crippen molar-refractivity contribution in [1.29, 1.82) is 0 Å². The summed E-state index contributed by atoms with van der Waals surface area (Å²) in [5.41, 5.74) is 2.80. The van der Waals surface area contributed by atoms with Crippen LogP contribution in [0.1, 0.15) is 43.9 Å². The molecular formula is C22H35NO4. The maximum Gasteiger partial charge on any atom is 0.161 e. The third-order valence-electron chi connectivity index (χ3n) is 6.08. The Kier molecular flexibility index (Phi) is 7.01. The summed E-state index contributed by atoms with van der Waals surface area (Å²) in [7, 11) is 5.11. The third kappa shape index (κ3) is 4.58. The van der Waals surface area contributed by atoms with Gasteiger partial charge in [0.05, 0.1) is 20.8 Å². The van der Waals surface area contributed by atoms with E-state index in [1.165, 1.54) is 17.5 Å². The first-order valence-electron chi connectivity index (χ1n) is 10.1. The molecule has 152 valence electrons. The zero-order chi connectivity index (χ0) is 19.4. The number of nitrogens with zero attached hydrogens (tertiary/aromatic N) is 1. The molecule has 0 bridgehead atoms. The van der Waals surface area contributed by atoms with Gasteiger partial charge in [0.2, 0.25) is 0 Å². The molecule has 2 aliphatic rings. The number of piperidine rings is 1. The Morgan fingerprint density at radius 2 is 1.81 bits per heavy atom. The minimum Gasteiger partial charge on any atom is -0.493 e. The molecule has 0 radical (unpaired) electrons. The van der Waals surface area contributed by atoms with Crippen molar-refractivity contribution in [2.75, 3.05) is 47.8 Å². The Hall–Kier alpha value is -1.30. The van der Waals surface area contributed by atoms with Crippen molar-refractivity contribution in [2.45, 2.75) is 39.2 Å². The highest BCUT2D eigenvalue weighted by Crippen LogP contribution is 2.45. The van der Waals surface area contributed by atoms with Crippen LogP contribution in [0.5, 0.6) is 11.5 Å². The fourth-order valence-electron chi connectivity index (χ4n) is 4.86. The van der Waals surface area contributed by atoms with Gasteiger partial charge in [0, 0.05) is 26.2 Å². The lowest BCUT2D eigenvalue weighted by Gasteiger charge is -2.47. The maximum absolute atomic E-state index is 5.80. The first kappa shape index (κ1) is 20.4. The zero-order valence-corrected chi connectivity index (χ0v) is 17.5. The molecule has 5 heteroatoms. The van der Waals surface area contributed by atoms with Gasteiger partial charge in [-0.05, 0) is 60.3 Å². The lowest BCUT2D eigenvalue weighted by Crippen LogP contribution is -2.47. The topological polar surface area (TPSA) is 40.2 Å².